The van der Waals surface area contributed by atoms with Crippen molar-refractivity contribution in [1.29, 1.82) is 0 Å². The molecule has 0 aromatic carbocycles. The topological polar surface area (TPSA) is 31.2 Å². The molecule has 1 aliphatic heterocycles. The summed E-state index contributed by atoms with van der Waals surface area (Å²) in [6.07, 6.45) is 8.84. The lowest BCUT2D eigenvalue weighted by Crippen LogP contribution is -2.08. The summed E-state index contributed by atoms with van der Waals surface area (Å²) in [4.78, 5) is 10.9. The Morgan fingerprint density at radius 1 is 1.40 bits per heavy atom. The van der Waals surface area contributed by atoms with Crippen LogP contribution >= 0.6 is 0 Å². The Labute approximate surface area is 89.7 Å². The van der Waals surface area contributed by atoms with E-state index in [0.29, 0.717) is 6.10 Å². The minimum atomic E-state index is 0.0744. The highest BCUT2D eigenvalue weighted by molar-refractivity contribution is 4.93. The van der Waals surface area contributed by atoms with E-state index < -0.39 is 0 Å². The van der Waals surface area contributed by atoms with Gasteiger partial charge in [0.15, 0.2) is 5.43 Å². The summed E-state index contributed by atoms with van der Waals surface area (Å²) in [5.41, 5.74) is 0.0744. The number of nitrogens with zero attached hydrogens (tertiary/aromatic N) is 1. The van der Waals surface area contributed by atoms with Crippen molar-refractivity contribution in [1.82, 2.24) is 4.57 Å². The van der Waals surface area contributed by atoms with Crippen LogP contribution in [0.4, 0.5) is 0 Å². The molecular formula is C12H17NO2. The van der Waals surface area contributed by atoms with Gasteiger partial charge >= 0.3 is 0 Å². The molecule has 2 heterocycles. The Morgan fingerprint density at radius 3 is 2.87 bits per heavy atom. The quantitative estimate of drug-likeness (QED) is 0.754. The van der Waals surface area contributed by atoms with Crippen LogP contribution in [0.15, 0.2) is 29.3 Å². The third kappa shape index (κ3) is 3.20. The maximum absolute atomic E-state index is 10.9. The summed E-state index contributed by atoms with van der Waals surface area (Å²) in [6, 6.07) is 3.21. The van der Waals surface area contributed by atoms with Crippen molar-refractivity contribution in [3.8, 4) is 0 Å². The van der Waals surface area contributed by atoms with E-state index in [1.165, 1.54) is 12.8 Å². The van der Waals surface area contributed by atoms with Gasteiger partial charge < -0.3 is 9.30 Å². The van der Waals surface area contributed by atoms with Gasteiger partial charge in [0.2, 0.25) is 0 Å². The second-order valence-electron chi connectivity index (χ2n) is 4.05. The summed E-state index contributed by atoms with van der Waals surface area (Å²) < 4.78 is 7.60. The van der Waals surface area contributed by atoms with Crippen LogP contribution < -0.4 is 5.43 Å². The molecule has 1 aromatic rings. The molecule has 1 atom stereocenters. The zero-order valence-corrected chi connectivity index (χ0v) is 8.89. The molecule has 0 aliphatic carbocycles. The summed E-state index contributed by atoms with van der Waals surface area (Å²) in [7, 11) is 0. The number of hydrogen-bond donors (Lipinski definition) is 0. The van der Waals surface area contributed by atoms with E-state index in [0.717, 1.165) is 26.0 Å². The second kappa shape index (κ2) is 5.12. The Bertz CT molecular complexity index is 332. The minimum absolute atomic E-state index is 0.0744. The lowest BCUT2D eigenvalue weighted by atomic mass is 10.1. The fourth-order valence-corrected chi connectivity index (χ4v) is 1.97. The molecule has 0 radical (unpaired) electrons. The van der Waals surface area contributed by atoms with Gasteiger partial charge in [0.25, 0.3) is 0 Å². The van der Waals surface area contributed by atoms with Gasteiger partial charge in [-0.1, -0.05) is 0 Å². The number of ether oxygens (including phenoxy) is 1. The Kier molecular flexibility index (Phi) is 3.56. The summed E-state index contributed by atoms with van der Waals surface area (Å²) in [5, 5.41) is 0. The highest BCUT2D eigenvalue weighted by atomic mass is 16.5. The normalized spacial score (nSPS) is 20.7. The van der Waals surface area contributed by atoms with Crippen LogP contribution in [0.3, 0.4) is 0 Å². The first-order valence-corrected chi connectivity index (χ1v) is 5.62. The van der Waals surface area contributed by atoms with E-state index in [-0.39, 0.29) is 5.43 Å². The van der Waals surface area contributed by atoms with Gasteiger partial charge in [0.05, 0.1) is 6.10 Å². The summed E-state index contributed by atoms with van der Waals surface area (Å²) >= 11 is 0. The molecular weight excluding hydrogens is 190 g/mol. The Hall–Kier alpha value is -1.09. The molecule has 1 unspecified atom stereocenters. The Balaban J connectivity index is 1.73. The van der Waals surface area contributed by atoms with E-state index in [4.69, 9.17) is 4.74 Å². The van der Waals surface area contributed by atoms with E-state index in [2.05, 4.69) is 4.57 Å². The third-order valence-corrected chi connectivity index (χ3v) is 2.83. The first-order chi connectivity index (χ1) is 7.34. The average molecular weight is 207 g/mol. The van der Waals surface area contributed by atoms with Crippen LogP contribution in [0.5, 0.6) is 0 Å². The van der Waals surface area contributed by atoms with Gasteiger partial charge in [-0.05, 0) is 25.7 Å². The number of pyridine rings is 1. The molecule has 15 heavy (non-hydrogen) atoms. The van der Waals surface area contributed by atoms with Crippen molar-refractivity contribution in [3.05, 3.63) is 34.7 Å². The largest absolute Gasteiger partial charge is 0.378 e. The van der Waals surface area contributed by atoms with Crippen LogP contribution in [0, 0.1) is 0 Å². The number of rotatable bonds is 4. The van der Waals surface area contributed by atoms with E-state index in [9.17, 15) is 4.79 Å². The predicted octanol–water partition coefficient (Wildman–Crippen LogP) is 1.81. The first kappa shape index (κ1) is 10.4. The van der Waals surface area contributed by atoms with Crippen LogP contribution in [-0.2, 0) is 11.3 Å². The van der Waals surface area contributed by atoms with E-state index >= 15 is 0 Å². The number of hydrogen-bond acceptors (Lipinski definition) is 2. The maximum atomic E-state index is 10.9. The fourth-order valence-electron chi connectivity index (χ4n) is 1.97. The van der Waals surface area contributed by atoms with Gasteiger partial charge in [-0.3, -0.25) is 4.79 Å². The molecule has 3 nitrogen and oxygen atoms in total. The smallest absolute Gasteiger partial charge is 0.181 e. The lowest BCUT2D eigenvalue weighted by Gasteiger charge is -2.10. The summed E-state index contributed by atoms with van der Waals surface area (Å²) in [5.74, 6) is 0. The van der Waals surface area contributed by atoms with Crippen molar-refractivity contribution in [2.75, 3.05) is 6.61 Å². The second-order valence-corrected chi connectivity index (χ2v) is 4.05. The highest BCUT2D eigenvalue weighted by Gasteiger charge is 2.14. The minimum Gasteiger partial charge on any atom is -0.378 e. The lowest BCUT2D eigenvalue weighted by molar-refractivity contribution is 0.101. The Morgan fingerprint density at radius 2 is 2.20 bits per heavy atom. The maximum Gasteiger partial charge on any atom is 0.181 e. The molecule has 0 saturated carbocycles. The molecule has 0 amide bonds. The number of aromatic nitrogens is 1. The van der Waals surface area contributed by atoms with E-state index in [1.807, 2.05) is 12.4 Å². The van der Waals surface area contributed by atoms with Gasteiger partial charge in [0, 0.05) is 37.7 Å². The van der Waals surface area contributed by atoms with Crippen molar-refractivity contribution in [2.24, 2.45) is 0 Å². The SMILES string of the molecule is O=c1ccn(CCCC2CCCO2)cc1. The van der Waals surface area contributed by atoms with Crippen LogP contribution in [0.25, 0.3) is 0 Å². The molecule has 0 bridgehead atoms. The molecule has 1 saturated heterocycles. The first-order valence-electron chi connectivity index (χ1n) is 5.62. The standard InChI is InChI=1S/C12H17NO2/c14-11-5-8-13(9-6-11)7-1-3-12-4-2-10-15-12/h5-6,8-9,12H,1-4,7,10H2. The summed E-state index contributed by atoms with van der Waals surface area (Å²) in [6.45, 7) is 1.91. The zero-order valence-electron chi connectivity index (χ0n) is 8.89. The molecule has 1 aromatic heterocycles. The van der Waals surface area contributed by atoms with Gasteiger partial charge in [0.1, 0.15) is 0 Å². The fraction of sp³-hybridized carbons (Fsp3) is 0.583. The zero-order chi connectivity index (χ0) is 10.5. The molecule has 3 heteroatoms. The van der Waals surface area contributed by atoms with Crippen molar-refractivity contribution in [2.45, 2.75) is 38.3 Å². The predicted molar refractivity (Wildman–Crippen MR) is 58.9 cm³/mol. The van der Waals surface area contributed by atoms with Crippen LogP contribution in [0.1, 0.15) is 25.7 Å². The van der Waals surface area contributed by atoms with Crippen LogP contribution in [-0.4, -0.2) is 17.3 Å². The molecule has 1 aliphatic rings. The third-order valence-electron chi connectivity index (χ3n) is 2.83. The molecule has 2 rings (SSSR count). The van der Waals surface area contributed by atoms with Gasteiger partial charge in [-0.25, -0.2) is 0 Å². The molecule has 1 fully saturated rings. The van der Waals surface area contributed by atoms with Gasteiger partial charge in [-0.15, -0.1) is 0 Å². The van der Waals surface area contributed by atoms with Crippen molar-refractivity contribution in [3.63, 3.8) is 0 Å². The molecule has 0 spiro atoms. The molecule has 0 N–H and O–H groups in total. The van der Waals surface area contributed by atoms with E-state index in [1.54, 1.807) is 12.1 Å². The monoisotopic (exact) mass is 207 g/mol. The number of aryl methyl sites for hydroxylation is 1. The average Bonchev–Trinajstić information content (AvgIpc) is 2.74. The highest BCUT2D eigenvalue weighted by Crippen LogP contribution is 2.16. The van der Waals surface area contributed by atoms with Crippen molar-refractivity contribution >= 4 is 0 Å². The molecule has 82 valence electrons. The van der Waals surface area contributed by atoms with Crippen LogP contribution in [0.2, 0.25) is 0 Å². The van der Waals surface area contributed by atoms with Gasteiger partial charge in [-0.2, -0.15) is 0 Å². The van der Waals surface area contributed by atoms with Crippen molar-refractivity contribution < 1.29 is 4.74 Å².